The van der Waals surface area contributed by atoms with Crippen LogP contribution >= 0.6 is 0 Å². The molecule has 0 radical (unpaired) electrons. The van der Waals surface area contributed by atoms with Gasteiger partial charge in [0, 0.05) is 57.4 Å². The highest BCUT2D eigenvalue weighted by atomic mass is 15.3. The molecule has 2 heterocycles. The fraction of sp³-hybridized carbons (Fsp3) is 0.438. The van der Waals surface area contributed by atoms with Crippen LogP contribution in [-0.4, -0.2) is 54.1 Å². The van der Waals surface area contributed by atoms with Crippen molar-refractivity contribution in [2.24, 2.45) is 5.73 Å². The fourth-order valence-electron chi connectivity index (χ4n) is 2.89. The van der Waals surface area contributed by atoms with E-state index in [1.807, 2.05) is 12.3 Å². The Kier molecular flexibility index (Phi) is 4.25. The van der Waals surface area contributed by atoms with Crippen molar-refractivity contribution >= 4 is 10.9 Å². The van der Waals surface area contributed by atoms with Crippen LogP contribution in [0.3, 0.4) is 0 Å². The van der Waals surface area contributed by atoms with Crippen molar-refractivity contribution in [3.63, 3.8) is 0 Å². The van der Waals surface area contributed by atoms with Gasteiger partial charge < -0.3 is 5.73 Å². The second kappa shape index (κ2) is 6.31. The lowest BCUT2D eigenvalue weighted by atomic mass is 10.1. The zero-order valence-electron chi connectivity index (χ0n) is 11.8. The number of benzene rings is 1. The molecule has 1 aliphatic heterocycles. The van der Waals surface area contributed by atoms with Gasteiger partial charge in [-0.1, -0.05) is 18.2 Å². The molecule has 0 unspecified atom stereocenters. The monoisotopic (exact) mass is 270 g/mol. The van der Waals surface area contributed by atoms with Gasteiger partial charge in [-0.05, 0) is 17.7 Å². The van der Waals surface area contributed by atoms with Crippen LogP contribution in [0.25, 0.3) is 10.9 Å². The average molecular weight is 270 g/mol. The third-order valence-electron chi connectivity index (χ3n) is 4.04. The number of piperazine rings is 1. The molecular formula is C16H22N4. The first-order valence-corrected chi connectivity index (χ1v) is 7.34. The van der Waals surface area contributed by atoms with E-state index in [0.29, 0.717) is 0 Å². The summed E-state index contributed by atoms with van der Waals surface area (Å²) in [6, 6.07) is 10.5. The van der Waals surface area contributed by atoms with E-state index in [1.165, 1.54) is 10.9 Å². The van der Waals surface area contributed by atoms with Gasteiger partial charge in [0.2, 0.25) is 0 Å². The zero-order valence-corrected chi connectivity index (χ0v) is 11.8. The van der Waals surface area contributed by atoms with Gasteiger partial charge in [-0.2, -0.15) is 0 Å². The van der Waals surface area contributed by atoms with Gasteiger partial charge in [-0.3, -0.25) is 14.8 Å². The first-order valence-electron chi connectivity index (χ1n) is 7.34. The molecule has 4 nitrogen and oxygen atoms in total. The minimum Gasteiger partial charge on any atom is -0.329 e. The van der Waals surface area contributed by atoms with E-state index < -0.39 is 0 Å². The van der Waals surface area contributed by atoms with Crippen molar-refractivity contribution < 1.29 is 0 Å². The summed E-state index contributed by atoms with van der Waals surface area (Å²) in [5, 5.41) is 1.28. The number of hydrogen-bond donors (Lipinski definition) is 1. The van der Waals surface area contributed by atoms with Gasteiger partial charge in [-0.15, -0.1) is 0 Å². The van der Waals surface area contributed by atoms with Crippen LogP contribution in [0.15, 0.2) is 36.5 Å². The molecule has 4 heteroatoms. The van der Waals surface area contributed by atoms with Crippen molar-refractivity contribution in [2.45, 2.75) is 6.54 Å². The molecule has 0 aliphatic carbocycles. The summed E-state index contributed by atoms with van der Waals surface area (Å²) >= 11 is 0. The number of rotatable bonds is 4. The fourth-order valence-corrected chi connectivity index (χ4v) is 2.89. The summed E-state index contributed by atoms with van der Waals surface area (Å²) < 4.78 is 0. The van der Waals surface area contributed by atoms with E-state index >= 15 is 0 Å². The Morgan fingerprint density at radius 2 is 1.75 bits per heavy atom. The molecule has 0 atom stereocenters. The van der Waals surface area contributed by atoms with E-state index in [1.54, 1.807) is 0 Å². The number of para-hydroxylation sites is 1. The van der Waals surface area contributed by atoms with Crippen LogP contribution in [0, 0.1) is 0 Å². The smallest absolute Gasteiger partial charge is 0.0705 e. The highest BCUT2D eigenvalue weighted by molar-refractivity contribution is 5.81. The van der Waals surface area contributed by atoms with Crippen molar-refractivity contribution in [3.8, 4) is 0 Å². The minimum atomic E-state index is 0.759. The lowest BCUT2D eigenvalue weighted by Crippen LogP contribution is -2.47. The number of pyridine rings is 1. The van der Waals surface area contributed by atoms with Gasteiger partial charge in [-0.25, -0.2) is 0 Å². The molecule has 0 spiro atoms. The molecule has 0 saturated carbocycles. The van der Waals surface area contributed by atoms with E-state index in [0.717, 1.165) is 51.3 Å². The van der Waals surface area contributed by atoms with E-state index in [-0.39, 0.29) is 0 Å². The second-order valence-corrected chi connectivity index (χ2v) is 5.39. The van der Waals surface area contributed by atoms with Crippen LogP contribution in [-0.2, 0) is 6.54 Å². The molecular weight excluding hydrogens is 248 g/mol. The van der Waals surface area contributed by atoms with Crippen molar-refractivity contribution in [1.29, 1.82) is 0 Å². The maximum atomic E-state index is 5.62. The first-order chi connectivity index (χ1) is 9.86. The largest absolute Gasteiger partial charge is 0.329 e. The maximum absolute atomic E-state index is 5.62. The average Bonchev–Trinajstić information content (AvgIpc) is 2.50. The molecule has 2 N–H and O–H groups in total. The summed E-state index contributed by atoms with van der Waals surface area (Å²) in [6.07, 6.45) is 1.92. The molecule has 1 saturated heterocycles. The van der Waals surface area contributed by atoms with Crippen molar-refractivity contribution in [3.05, 3.63) is 42.1 Å². The highest BCUT2D eigenvalue weighted by Crippen LogP contribution is 2.18. The lowest BCUT2D eigenvalue weighted by molar-refractivity contribution is 0.130. The number of nitrogens with zero attached hydrogens (tertiary/aromatic N) is 3. The summed E-state index contributed by atoms with van der Waals surface area (Å²) in [5.74, 6) is 0. The van der Waals surface area contributed by atoms with Gasteiger partial charge in [0.25, 0.3) is 0 Å². The van der Waals surface area contributed by atoms with Crippen molar-refractivity contribution in [2.75, 3.05) is 39.3 Å². The standard InChI is InChI=1S/C16H22N4/c17-6-8-19-9-11-20(12-10-19)13-14-5-7-18-16-4-2-1-3-15(14)16/h1-5,7H,6,8-13,17H2. The Morgan fingerprint density at radius 3 is 2.55 bits per heavy atom. The summed E-state index contributed by atoms with van der Waals surface area (Å²) in [7, 11) is 0. The van der Waals surface area contributed by atoms with E-state index in [2.05, 4.69) is 39.0 Å². The van der Waals surface area contributed by atoms with Gasteiger partial charge in [0.1, 0.15) is 0 Å². The molecule has 0 amide bonds. The Labute approximate surface area is 120 Å². The third-order valence-corrected chi connectivity index (χ3v) is 4.04. The zero-order chi connectivity index (χ0) is 13.8. The van der Waals surface area contributed by atoms with Crippen LogP contribution in [0.2, 0.25) is 0 Å². The quantitative estimate of drug-likeness (QED) is 0.910. The van der Waals surface area contributed by atoms with E-state index in [9.17, 15) is 0 Å². The van der Waals surface area contributed by atoms with Crippen LogP contribution in [0.1, 0.15) is 5.56 Å². The number of hydrogen-bond acceptors (Lipinski definition) is 4. The normalized spacial score (nSPS) is 17.6. The lowest BCUT2D eigenvalue weighted by Gasteiger charge is -2.34. The molecule has 1 aromatic heterocycles. The number of fused-ring (bicyclic) bond motifs is 1. The molecule has 20 heavy (non-hydrogen) atoms. The Balaban J connectivity index is 1.68. The summed E-state index contributed by atoms with van der Waals surface area (Å²) in [4.78, 5) is 9.40. The molecule has 2 aromatic rings. The Bertz CT molecular complexity index is 556. The topological polar surface area (TPSA) is 45.4 Å². The molecule has 0 bridgehead atoms. The third kappa shape index (κ3) is 2.98. The van der Waals surface area contributed by atoms with Gasteiger partial charge in [0.05, 0.1) is 5.52 Å². The number of nitrogens with two attached hydrogens (primary N) is 1. The first kappa shape index (κ1) is 13.5. The van der Waals surface area contributed by atoms with Crippen LogP contribution in [0.5, 0.6) is 0 Å². The van der Waals surface area contributed by atoms with Gasteiger partial charge in [0.15, 0.2) is 0 Å². The van der Waals surface area contributed by atoms with Crippen LogP contribution in [0.4, 0.5) is 0 Å². The number of aromatic nitrogens is 1. The van der Waals surface area contributed by atoms with Gasteiger partial charge >= 0.3 is 0 Å². The summed E-state index contributed by atoms with van der Waals surface area (Å²) in [5.41, 5.74) is 8.08. The predicted octanol–water partition coefficient (Wildman–Crippen LogP) is 1.31. The predicted molar refractivity (Wildman–Crippen MR) is 82.5 cm³/mol. The van der Waals surface area contributed by atoms with Crippen molar-refractivity contribution in [1.82, 2.24) is 14.8 Å². The molecule has 106 valence electrons. The minimum absolute atomic E-state index is 0.759. The highest BCUT2D eigenvalue weighted by Gasteiger charge is 2.16. The maximum Gasteiger partial charge on any atom is 0.0705 e. The van der Waals surface area contributed by atoms with Crippen LogP contribution < -0.4 is 5.73 Å². The van der Waals surface area contributed by atoms with E-state index in [4.69, 9.17) is 5.73 Å². The SMILES string of the molecule is NCCN1CCN(Cc2ccnc3ccccc23)CC1. The Morgan fingerprint density at radius 1 is 1.00 bits per heavy atom. The molecule has 1 fully saturated rings. The summed E-state index contributed by atoms with van der Waals surface area (Å²) in [6.45, 7) is 7.29. The molecule has 1 aromatic carbocycles. The molecule has 1 aliphatic rings. The second-order valence-electron chi connectivity index (χ2n) is 5.39. The Hall–Kier alpha value is -1.49. The molecule has 3 rings (SSSR count).